The molecule has 1 atom stereocenters. The van der Waals surface area contributed by atoms with E-state index in [1.165, 1.54) is 11.3 Å². The van der Waals surface area contributed by atoms with Crippen molar-refractivity contribution in [2.24, 2.45) is 0 Å². The normalized spacial score (nSPS) is 17.0. The van der Waals surface area contributed by atoms with Crippen molar-refractivity contribution in [2.45, 2.75) is 31.7 Å². The number of rotatable bonds is 6. The molecule has 0 bridgehead atoms. The van der Waals surface area contributed by atoms with Gasteiger partial charge in [-0.1, -0.05) is 12.1 Å². The van der Waals surface area contributed by atoms with Gasteiger partial charge in [-0.15, -0.1) is 0 Å². The first-order valence-corrected chi connectivity index (χ1v) is 9.19. The lowest BCUT2D eigenvalue weighted by molar-refractivity contribution is -0.121. The Morgan fingerprint density at radius 3 is 2.65 bits per heavy atom. The number of piperidine rings is 1. The van der Waals surface area contributed by atoms with Gasteiger partial charge in [0.1, 0.15) is 0 Å². The second kappa shape index (κ2) is 8.65. The number of nitrogens with one attached hydrogen (secondary N) is 1. The van der Waals surface area contributed by atoms with E-state index in [0.717, 1.165) is 38.3 Å². The smallest absolute Gasteiger partial charge is 0.225 e. The van der Waals surface area contributed by atoms with E-state index in [0.29, 0.717) is 6.42 Å². The fourth-order valence-electron chi connectivity index (χ4n) is 3.25. The molecule has 1 aliphatic heterocycles. The molecule has 6 nitrogen and oxygen atoms in total. The van der Waals surface area contributed by atoms with Crippen LogP contribution >= 0.6 is 0 Å². The lowest BCUT2D eigenvalue weighted by Crippen LogP contribution is -2.48. The van der Waals surface area contributed by atoms with Crippen molar-refractivity contribution in [1.82, 2.24) is 15.3 Å². The van der Waals surface area contributed by atoms with Crippen molar-refractivity contribution < 1.29 is 4.79 Å². The van der Waals surface area contributed by atoms with Crippen LogP contribution in [-0.2, 0) is 11.2 Å². The molecule has 1 aliphatic rings. The molecule has 0 radical (unpaired) electrons. The molecular formula is C20H27N5O. The van der Waals surface area contributed by atoms with Gasteiger partial charge in [0.15, 0.2) is 0 Å². The predicted octanol–water partition coefficient (Wildman–Crippen LogP) is 2.26. The molecule has 1 amide bonds. The third-order valence-electron chi connectivity index (χ3n) is 4.71. The second-order valence-corrected chi connectivity index (χ2v) is 6.96. The van der Waals surface area contributed by atoms with Crippen molar-refractivity contribution in [3.05, 3.63) is 48.3 Å². The quantitative estimate of drug-likeness (QED) is 0.863. The summed E-state index contributed by atoms with van der Waals surface area (Å²) in [7, 11) is 4.05. The minimum Gasteiger partial charge on any atom is -0.378 e. The molecule has 1 saturated heterocycles. The summed E-state index contributed by atoms with van der Waals surface area (Å²) >= 11 is 0. The molecular weight excluding hydrogens is 326 g/mol. The molecule has 138 valence electrons. The van der Waals surface area contributed by atoms with E-state index < -0.39 is 0 Å². The average molecular weight is 353 g/mol. The van der Waals surface area contributed by atoms with Crippen molar-refractivity contribution in [2.75, 3.05) is 37.0 Å². The first kappa shape index (κ1) is 18.2. The summed E-state index contributed by atoms with van der Waals surface area (Å²) in [5, 5.41) is 3.17. The summed E-state index contributed by atoms with van der Waals surface area (Å²) in [6.45, 7) is 1.71. The van der Waals surface area contributed by atoms with Crippen LogP contribution in [0.15, 0.2) is 42.7 Å². The zero-order chi connectivity index (χ0) is 18.4. The lowest BCUT2D eigenvalue weighted by atomic mass is 10.0. The first-order valence-electron chi connectivity index (χ1n) is 9.19. The molecule has 1 unspecified atom stereocenters. The molecule has 1 fully saturated rings. The van der Waals surface area contributed by atoms with Gasteiger partial charge in [0.25, 0.3) is 0 Å². The molecule has 0 saturated carbocycles. The zero-order valence-corrected chi connectivity index (χ0v) is 15.6. The Hall–Kier alpha value is -2.63. The Morgan fingerprint density at radius 1 is 1.23 bits per heavy atom. The highest BCUT2D eigenvalue weighted by molar-refractivity contribution is 5.76. The summed E-state index contributed by atoms with van der Waals surface area (Å²) in [4.78, 5) is 25.2. The van der Waals surface area contributed by atoms with Crippen molar-refractivity contribution in [3.63, 3.8) is 0 Å². The molecule has 0 aliphatic carbocycles. The van der Waals surface area contributed by atoms with Crippen LogP contribution in [0.2, 0.25) is 0 Å². The van der Waals surface area contributed by atoms with Crippen molar-refractivity contribution >= 4 is 17.5 Å². The Bertz CT molecular complexity index is 702. The van der Waals surface area contributed by atoms with Crippen LogP contribution in [-0.4, -0.2) is 49.1 Å². The molecule has 2 heterocycles. The van der Waals surface area contributed by atoms with Gasteiger partial charge in [-0.3, -0.25) is 4.79 Å². The summed E-state index contributed by atoms with van der Waals surface area (Å²) in [5.41, 5.74) is 2.36. The highest BCUT2D eigenvalue weighted by atomic mass is 16.1. The zero-order valence-electron chi connectivity index (χ0n) is 15.6. The van der Waals surface area contributed by atoms with Gasteiger partial charge < -0.3 is 15.1 Å². The van der Waals surface area contributed by atoms with Gasteiger partial charge >= 0.3 is 0 Å². The van der Waals surface area contributed by atoms with Crippen molar-refractivity contribution in [3.8, 4) is 0 Å². The number of carbonyl (C=O) groups excluding carboxylic acids is 1. The van der Waals surface area contributed by atoms with Gasteiger partial charge in [0.05, 0.1) is 0 Å². The Kier molecular flexibility index (Phi) is 6.04. The fourth-order valence-corrected chi connectivity index (χ4v) is 3.25. The molecule has 1 aromatic heterocycles. The SMILES string of the molecule is CN(C)c1ccc(CCC(=O)NC2CCCN(c3ncccn3)C2)cc1. The third-order valence-corrected chi connectivity index (χ3v) is 4.71. The number of hydrogen-bond acceptors (Lipinski definition) is 5. The van der Waals surface area contributed by atoms with Gasteiger partial charge in [-0.25, -0.2) is 9.97 Å². The molecule has 3 rings (SSSR count). The first-order chi connectivity index (χ1) is 12.6. The minimum absolute atomic E-state index is 0.113. The largest absolute Gasteiger partial charge is 0.378 e. The number of anilines is 2. The standard InChI is InChI=1S/C20H27N5O/c1-24(2)18-9-6-16(7-10-18)8-11-19(26)23-17-5-3-14-25(15-17)20-21-12-4-13-22-20/h4,6-7,9-10,12-13,17H,3,5,8,11,14-15H2,1-2H3,(H,23,26). The van der Waals surface area contributed by atoms with E-state index in [4.69, 9.17) is 0 Å². The molecule has 0 spiro atoms. The van der Waals surface area contributed by atoms with Crippen LogP contribution in [0.1, 0.15) is 24.8 Å². The van der Waals surface area contributed by atoms with E-state index in [2.05, 4.69) is 49.4 Å². The van der Waals surface area contributed by atoms with Crippen LogP contribution < -0.4 is 15.1 Å². The van der Waals surface area contributed by atoms with Crippen LogP contribution in [0.3, 0.4) is 0 Å². The number of hydrogen-bond donors (Lipinski definition) is 1. The van der Waals surface area contributed by atoms with Crippen LogP contribution in [0.25, 0.3) is 0 Å². The van der Waals surface area contributed by atoms with Gasteiger partial charge in [0, 0.05) is 57.7 Å². The van der Waals surface area contributed by atoms with E-state index in [-0.39, 0.29) is 11.9 Å². The molecule has 26 heavy (non-hydrogen) atoms. The maximum Gasteiger partial charge on any atom is 0.225 e. The number of nitrogens with zero attached hydrogens (tertiary/aromatic N) is 4. The molecule has 6 heteroatoms. The van der Waals surface area contributed by atoms with Gasteiger partial charge in [-0.05, 0) is 43.0 Å². The summed E-state index contributed by atoms with van der Waals surface area (Å²) in [5.74, 6) is 0.856. The Morgan fingerprint density at radius 2 is 1.96 bits per heavy atom. The van der Waals surface area contributed by atoms with E-state index in [1.54, 1.807) is 12.4 Å². The summed E-state index contributed by atoms with van der Waals surface area (Å²) < 4.78 is 0. The van der Waals surface area contributed by atoms with E-state index >= 15 is 0 Å². The van der Waals surface area contributed by atoms with Crippen LogP contribution in [0.4, 0.5) is 11.6 Å². The minimum atomic E-state index is 0.113. The molecule has 1 N–H and O–H groups in total. The van der Waals surface area contributed by atoms with Gasteiger partial charge in [-0.2, -0.15) is 0 Å². The summed E-state index contributed by atoms with van der Waals surface area (Å²) in [6.07, 6.45) is 6.83. The van der Waals surface area contributed by atoms with E-state index in [9.17, 15) is 4.79 Å². The molecule has 2 aromatic rings. The maximum absolute atomic E-state index is 12.3. The van der Waals surface area contributed by atoms with Crippen LogP contribution in [0.5, 0.6) is 0 Å². The topological polar surface area (TPSA) is 61.4 Å². The Labute approximate surface area is 155 Å². The van der Waals surface area contributed by atoms with Crippen LogP contribution in [0, 0.1) is 0 Å². The predicted molar refractivity (Wildman–Crippen MR) is 104 cm³/mol. The van der Waals surface area contributed by atoms with E-state index in [1.807, 2.05) is 20.2 Å². The summed E-state index contributed by atoms with van der Waals surface area (Å²) in [6, 6.07) is 10.3. The number of benzene rings is 1. The highest BCUT2D eigenvalue weighted by Gasteiger charge is 2.22. The number of aryl methyl sites for hydroxylation is 1. The average Bonchev–Trinajstić information content (AvgIpc) is 2.67. The Balaban J connectivity index is 1.47. The van der Waals surface area contributed by atoms with Crippen molar-refractivity contribution in [1.29, 1.82) is 0 Å². The number of aromatic nitrogens is 2. The highest BCUT2D eigenvalue weighted by Crippen LogP contribution is 2.16. The maximum atomic E-state index is 12.3. The monoisotopic (exact) mass is 353 g/mol. The lowest BCUT2D eigenvalue weighted by Gasteiger charge is -2.33. The second-order valence-electron chi connectivity index (χ2n) is 6.96. The molecule has 1 aromatic carbocycles. The fraction of sp³-hybridized carbons (Fsp3) is 0.450. The van der Waals surface area contributed by atoms with Gasteiger partial charge in [0.2, 0.25) is 11.9 Å². The third kappa shape index (κ3) is 4.94. The number of amides is 1. The number of carbonyl (C=O) groups is 1.